The molecule has 4 rings (SSSR count). The van der Waals surface area contributed by atoms with Gasteiger partial charge < -0.3 is 14.4 Å². The van der Waals surface area contributed by atoms with E-state index in [0.29, 0.717) is 31.9 Å². The molecule has 0 radical (unpaired) electrons. The van der Waals surface area contributed by atoms with Gasteiger partial charge in [0.2, 0.25) is 0 Å². The van der Waals surface area contributed by atoms with E-state index < -0.39 is 0 Å². The molecule has 0 saturated carbocycles. The lowest BCUT2D eigenvalue weighted by Crippen LogP contribution is -2.45. The quantitative estimate of drug-likeness (QED) is 0.918. The molecule has 1 saturated heterocycles. The highest BCUT2D eigenvalue weighted by atomic mass is 16.5. The zero-order chi connectivity index (χ0) is 15.6. The van der Waals surface area contributed by atoms with Crippen LogP contribution in [0.1, 0.15) is 17.3 Å². The van der Waals surface area contributed by atoms with Crippen LogP contribution in [-0.4, -0.2) is 47.4 Å². The van der Waals surface area contributed by atoms with Crippen LogP contribution in [-0.2, 0) is 9.53 Å². The van der Waals surface area contributed by atoms with E-state index in [1.54, 1.807) is 6.20 Å². The Balaban J connectivity index is 1.62. The molecule has 1 aromatic carbocycles. The van der Waals surface area contributed by atoms with Crippen molar-refractivity contribution in [3.8, 4) is 5.75 Å². The molecule has 2 aliphatic heterocycles. The number of carbonyl (C=O) groups is 1. The summed E-state index contributed by atoms with van der Waals surface area (Å²) >= 11 is 0. The molecule has 2 aliphatic rings. The molecule has 118 valence electrons. The molecule has 6 heteroatoms. The number of morpholine rings is 1. The number of nitrogens with zero attached hydrogens (tertiary/aromatic N) is 2. The maximum atomic E-state index is 13.0. The largest absolute Gasteiger partial charge is 0.488 e. The molecule has 0 bridgehead atoms. The highest BCUT2D eigenvalue weighted by molar-refractivity contribution is 5.99. The number of aromatic amines is 1. The molecule has 1 N–H and O–H groups in total. The Morgan fingerprint density at radius 1 is 1.30 bits per heavy atom. The zero-order valence-corrected chi connectivity index (χ0v) is 12.6. The molecule has 1 aromatic heterocycles. The summed E-state index contributed by atoms with van der Waals surface area (Å²) in [6, 6.07) is 9.46. The van der Waals surface area contributed by atoms with Crippen molar-refractivity contribution in [3.63, 3.8) is 0 Å². The third-order valence-electron chi connectivity index (χ3n) is 4.18. The maximum absolute atomic E-state index is 13.0. The fourth-order valence-electron chi connectivity index (χ4n) is 2.98. The number of H-pyrrole nitrogens is 1. The summed E-state index contributed by atoms with van der Waals surface area (Å²) in [4.78, 5) is 14.8. The van der Waals surface area contributed by atoms with Gasteiger partial charge in [-0.15, -0.1) is 0 Å². The van der Waals surface area contributed by atoms with Gasteiger partial charge in [-0.05, 0) is 18.2 Å². The van der Waals surface area contributed by atoms with Crippen molar-refractivity contribution in [3.05, 3.63) is 53.4 Å². The predicted molar refractivity (Wildman–Crippen MR) is 83.8 cm³/mol. The minimum absolute atomic E-state index is 0.0117. The first-order valence-electron chi connectivity index (χ1n) is 7.63. The molecular formula is C17H17N3O3. The van der Waals surface area contributed by atoms with Crippen LogP contribution in [0.25, 0.3) is 6.08 Å². The summed E-state index contributed by atoms with van der Waals surface area (Å²) in [5.41, 5.74) is 2.49. The van der Waals surface area contributed by atoms with E-state index in [1.165, 1.54) is 0 Å². The van der Waals surface area contributed by atoms with E-state index in [-0.39, 0.29) is 11.9 Å². The van der Waals surface area contributed by atoms with Crippen molar-refractivity contribution >= 4 is 12.0 Å². The van der Waals surface area contributed by atoms with Crippen molar-refractivity contribution in [1.29, 1.82) is 0 Å². The number of carbonyl (C=O) groups excluding carboxylic acids is 1. The van der Waals surface area contributed by atoms with E-state index in [0.717, 1.165) is 17.0 Å². The molecule has 3 heterocycles. The van der Waals surface area contributed by atoms with Crippen molar-refractivity contribution in [2.75, 3.05) is 26.4 Å². The van der Waals surface area contributed by atoms with Crippen molar-refractivity contribution < 1.29 is 14.3 Å². The van der Waals surface area contributed by atoms with Gasteiger partial charge in [0, 0.05) is 18.3 Å². The third kappa shape index (κ3) is 2.61. The number of amides is 1. The number of fused-ring (bicyclic) bond motifs is 1. The number of aromatic nitrogens is 2. The van der Waals surface area contributed by atoms with Gasteiger partial charge in [0.05, 0.1) is 30.5 Å². The Kier molecular flexibility index (Phi) is 3.59. The summed E-state index contributed by atoms with van der Waals surface area (Å²) in [5.74, 6) is 0.804. The van der Waals surface area contributed by atoms with E-state index in [1.807, 2.05) is 41.3 Å². The summed E-state index contributed by atoms with van der Waals surface area (Å²) in [6.07, 6.45) is 3.60. The molecule has 23 heavy (non-hydrogen) atoms. The molecule has 1 fully saturated rings. The lowest BCUT2D eigenvalue weighted by molar-refractivity contribution is -0.136. The van der Waals surface area contributed by atoms with Crippen molar-refractivity contribution in [2.45, 2.75) is 6.04 Å². The second-order valence-electron chi connectivity index (χ2n) is 5.60. The Hall–Kier alpha value is -2.60. The van der Waals surface area contributed by atoms with Crippen LogP contribution in [0.15, 0.2) is 42.1 Å². The van der Waals surface area contributed by atoms with E-state index in [2.05, 4.69) is 10.2 Å². The molecule has 6 nitrogen and oxygen atoms in total. The first-order chi connectivity index (χ1) is 11.3. The van der Waals surface area contributed by atoms with Gasteiger partial charge in [-0.1, -0.05) is 18.2 Å². The van der Waals surface area contributed by atoms with Gasteiger partial charge >= 0.3 is 0 Å². The van der Waals surface area contributed by atoms with Crippen LogP contribution in [0.4, 0.5) is 0 Å². The lowest BCUT2D eigenvalue weighted by Gasteiger charge is -2.36. The number of rotatable bonds is 2. The Bertz CT molecular complexity index is 739. The number of hydrogen-bond donors (Lipinski definition) is 1. The van der Waals surface area contributed by atoms with Gasteiger partial charge in [-0.2, -0.15) is 5.10 Å². The second-order valence-corrected chi connectivity index (χ2v) is 5.60. The van der Waals surface area contributed by atoms with Crippen LogP contribution in [0.5, 0.6) is 5.75 Å². The summed E-state index contributed by atoms with van der Waals surface area (Å²) in [7, 11) is 0. The standard InChI is InChI=1S/C17H17N3O3/c21-17(13-9-12-3-1-2-4-16(12)23-10-13)20-7-8-22-11-15(20)14-5-6-18-19-14/h1-6,9,15H,7-8,10-11H2,(H,18,19). The van der Waals surface area contributed by atoms with Crippen LogP contribution < -0.4 is 4.74 Å². The number of nitrogens with one attached hydrogen (secondary N) is 1. The molecule has 1 atom stereocenters. The Morgan fingerprint density at radius 2 is 2.22 bits per heavy atom. The Labute approximate surface area is 133 Å². The fraction of sp³-hybridized carbons (Fsp3) is 0.294. The summed E-state index contributed by atoms with van der Waals surface area (Å²) < 4.78 is 11.2. The van der Waals surface area contributed by atoms with E-state index in [4.69, 9.17) is 9.47 Å². The first-order valence-corrected chi connectivity index (χ1v) is 7.63. The minimum Gasteiger partial charge on any atom is -0.488 e. The predicted octanol–water partition coefficient (Wildman–Crippen LogP) is 1.79. The summed E-state index contributed by atoms with van der Waals surface area (Å²) in [5, 5.41) is 6.91. The van der Waals surface area contributed by atoms with Gasteiger partial charge in [0.1, 0.15) is 12.4 Å². The van der Waals surface area contributed by atoms with E-state index >= 15 is 0 Å². The highest BCUT2D eigenvalue weighted by Crippen LogP contribution is 2.29. The third-order valence-corrected chi connectivity index (χ3v) is 4.18. The molecule has 1 unspecified atom stereocenters. The van der Waals surface area contributed by atoms with Gasteiger partial charge in [0.25, 0.3) is 5.91 Å². The van der Waals surface area contributed by atoms with Crippen LogP contribution in [0.2, 0.25) is 0 Å². The first kappa shape index (κ1) is 14.0. The zero-order valence-electron chi connectivity index (χ0n) is 12.6. The van der Waals surface area contributed by atoms with Crippen molar-refractivity contribution in [1.82, 2.24) is 15.1 Å². The molecule has 0 aliphatic carbocycles. The summed E-state index contributed by atoms with van der Waals surface area (Å²) in [6.45, 7) is 1.87. The molecule has 2 aromatic rings. The van der Waals surface area contributed by atoms with Crippen LogP contribution in [0.3, 0.4) is 0 Å². The maximum Gasteiger partial charge on any atom is 0.253 e. The average molecular weight is 311 g/mol. The van der Waals surface area contributed by atoms with Gasteiger partial charge in [-0.25, -0.2) is 0 Å². The fourth-order valence-corrected chi connectivity index (χ4v) is 2.98. The minimum atomic E-state index is -0.142. The number of benzene rings is 1. The SMILES string of the molecule is O=C(C1=Cc2ccccc2OC1)N1CCOCC1c1ccn[nH]1. The molecule has 1 amide bonds. The van der Waals surface area contributed by atoms with Crippen molar-refractivity contribution in [2.24, 2.45) is 0 Å². The highest BCUT2D eigenvalue weighted by Gasteiger charge is 2.32. The number of ether oxygens (including phenoxy) is 2. The van der Waals surface area contributed by atoms with Gasteiger partial charge in [-0.3, -0.25) is 9.89 Å². The monoisotopic (exact) mass is 311 g/mol. The normalized spacial score (nSPS) is 20.4. The van der Waals surface area contributed by atoms with Crippen LogP contribution in [0, 0.1) is 0 Å². The lowest BCUT2D eigenvalue weighted by atomic mass is 10.0. The van der Waals surface area contributed by atoms with Gasteiger partial charge in [0.15, 0.2) is 0 Å². The second kappa shape index (κ2) is 5.89. The average Bonchev–Trinajstić information content (AvgIpc) is 3.15. The molecular weight excluding hydrogens is 294 g/mol. The Morgan fingerprint density at radius 3 is 3.09 bits per heavy atom. The smallest absolute Gasteiger partial charge is 0.253 e. The van der Waals surface area contributed by atoms with E-state index in [9.17, 15) is 4.79 Å². The molecule has 0 spiro atoms. The number of hydrogen-bond acceptors (Lipinski definition) is 4. The number of para-hydroxylation sites is 1. The van der Waals surface area contributed by atoms with Crippen LogP contribution >= 0.6 is 0 Å². The topological polar surface area (TPSA) is 67.4 Å².